The zero-order chi connectivity index (χ0) is 37.6. The van der Waals surface area contributed by atoms with Crippen LogP contribution in [-0.2, 0) is 35.7 Å². The minimum Gasteiger partial charge on any atom is -0.494 e. The molecule has 0 saturated carbocycles. The van der Waals surface area contributed by atoms with Crippen molar-refractivity contribution in [1.82, 2.24) is 40.0 Å². The number of nitrogens with zero attached hydrogens (tertiary/aromatic N) is 7. The van der Waals surface area contributed by atoms with Gasteiger partial charge in [0.2, 0.25) is 5.91 Å². The molecule has 286 valence electrons. The van der Waals surface area contributed by atoms with Gasteiger partial charge in [0.25, 0.3) is 0 Å². The van der Waals surface area contributed by atoms with Crippen LogP contribution in [0.1, 0.15) is 67.7 Å². The average molecular weight is 731 g/mol. The lowest BCUT2D eigenvalue weighted by atomic mass is 9.92. The van der Waals surface area contributed by atoms with Gasteiger partial charge in [-0.3, -0.25) is 34.5 Å². The van der Waals surface area contributed by atoms with Crippen LogP contribution in [0.25, 0.3) is 0 Å². The maximum atomic E-state index is 12.3. The zero-order valence-electron chi connectivity index (χ0n) is 32.2. The van der Waals surface area contributed by atoms with E-state index < -0.39 is 0 Å². The first kappa shape index (κ1) is 40.4. The quantitative estimate of drug-likeness (QED) is 0.0778. The van der Waals surface area contributed by atoms with E-state index in [1.807, 2.05) is 73.3 Å². The normalized spacial score (nSPS) is 14.3. The largest absolute Gasteiger partial charge is 0.494 e. The summed E-state index contributed by atoms with van der Waals surface area (Å²) in [4.78, 5) is 38.0. The Morgan fingerprint density at radius 3 is 1.76 bits per heavy atom. The molecular weight excluding hydrogens is 673 g/mol. The summed E-state index contributed by atoms with van der Waals surface area (Å²) < 4.78 is 6.48. The Kier molecular flexibility index (Phi) is 17.3. The van der Waals surface area contributed by atoms with Crippen LogP contribution in [0.5, 0.6) is 0 Å². The molecule has 10 nitrogen and oxygen atoms in total. The van der Waals surface area contributed by atoms with Crippen molar-refractivity contribution >= 4 is 5.91 Å². The second-order valence-electron chi connectivity index (χ2n) is 14.5. The summed E-state index contributed by atoms with van der Waals surface area (Å²) in [6.45, 7) is 6.83. The van der Waals surface area contributed by atoms with E-state index in [2.05, 4.69) is 90.5 Å². The molecule has 4 heterocycles. The number of carbonyl (C=O) groups is 1. The lowest BCUT2D eigenvalue weighted by molar-refractivity contribution is -0.121. The third-order valence-corrected chi connectivity index (χ3v) is 9.31. The third kappa shape index (κ3) is 15.7. The fourth-order valence-corrected chi connectivity index (χ4v) is 6.73. The summed E-state index contributed by atoms with van der Waals surface area (Å²) in [5, 5.41) is 3.09. The van der Waals surface area contributed by atoms with Crippen molar-refractivity contribution in [2.24, 2.45) is 5.92 Å². The fourth-order valence-electron chi connectivity index (χ4n) is 6.73. The van der Waals surface area contributed by atoms with E-state index in [-0.39, 0.29) is 11.8 Å². The van der Waals surface area contributed by atoms with Crippen LogP contribution in [0.4, 0.5) is 0 Å². The van der Waals surface area contributed by atoms with Gasteiger partial charge in [-0.05, 0) is 119 Å². The SMILES string of the molecule is CN(C)CCCCCC(=O)NCCCCOC1=CC(CN(Cc2ccccn2)Cc2ccccn2)CC(CN(Cc2ccccn2)Cc2ccccn2)=C1. The maximum absolute atomic E-state index is 12.3. The minimum absolute atomic E-state index is 0.146. The van der Waals surface area contributed by atoms with Crippen LogP contribution in [-0.4, -0.2) is 87.4 Å². The van der Waals surface area contributed by atoms with Crippen molar-refractivity contribution < 1.29 is 9.53 Å². The Hall–Kier alpha value is -4.77. The molecule has 0 fully saturated rings. The van der Waals surface area contributed by atoms with E-state index in [4.69, 9.17) is 4.74 Å². The van der Waals surface area contributed by atoms with Crippen molar-refractivity contribution in [3.8, 4) is 0 Å². The van der Waals surface area contributed by atoms with Gasteiger partial charge >= 0.3 is 0 Å². The zero-order valence-corrected chi connectivity index (χ0v) is 32.2. The lowest BCUT2D eigenvalue weighted by Gasteiger charge is -2.31. The summed E-state index contributed by atoms with van der Waals surface area (Å²) in [6.07, 6.45) is 18.4. The second kappa shape index (κ2) is 23.1. The van der Waals surface area contributed by atoms with Gasteiger partial charge in [0, 0.05) is 77.0 Å². The van der Waals surface area contributed by atoms with Crippen molar-refractivity contribution in [2.75, 3.05) is 46.9 Å². The summed E-state index contributed by atoms with van der Waals surface area (Å²) in [5.41, 5.74) is 5.45. The Morgan fingerprint density at radius 2 is 1.24 bits per heavy atom. The number of hydrogen-bond donors (Lipinski definition) is 1. The maximum Gasteiger partial charge on any atom is 0.219 e. The van der Waals surface area contributed by atoms with E-state index in [1.165, 1.54) is 5.57 Å². The van der Waals surface area contributed by atoms with E-state index >= 15 is 0 Å². The highest BCUT2D eigenvalue weighted by molar-refractivity contribution is 5.75. The van der Waals surface area contributed by atoms with Gasteiger partial charge in [-0.2, -0.15) is 0 Å². The van der Waals surface area contributed by atoms with Crippen molar-refractivity contribution in [2.45, 2.75) is 71.1 Å². The standard InChI is InChI=1S/C44H58N8O2/c1-50(2)26-14-3-4-20-44(53)49-25-13-15-27-54-43-29-37(31-51(33-39-16-5-9-21-45-39)34-40-17-6-10-22-46-40)28-38(30-43)32-52(35-41-18-7-11-23-47-41)36-42-19-8-12-24-48-42/h5-12,16-19,21-24,29-30,37H,3-4,13-15,20,25-28,31-36H2,1-2H3,(H,49,53). The molecule has 4 aromatic heterocycles. The number of allylic oxidation sites excluding steroid dienone is 1. The van der Waals surface area contributed by atoms with Gasteiger partial charge < -0.3 is 15.0 Å². The second-order valence-corrected chi connectivity index (χ2v) is 14.5. The number of rotatable bonds is 24. The molecule has 1 aliphatic rings. The molecule has 54 heavy (non-hydrogen) atoms. The smallest absolute Gasteiger partial charge is 0.219 e. The molecule has 1 N–H and O–H groups in total. The molecule has 0 spiro atoms. The number of ether oxygens (including phenoxy) is 1. The number of unbranched alkanes of at least 4 members (excludes halogenated alkanes) is 3. The van der Waals surface area contributed by atoms with Crippen LogP contribution in [0.15, 0.2) is 121 Å². The van der Waals surface area contributed by atoms with Gasteiger partial charge in [0.15, 0.2) is 0 Å². The first-order valence-electron chi connectivity index (χ1n) is 19.5. The number of carbonyl (C=O) groups excluding carboxylic acids is 1. The topological polar surface area (TPSA) is 99.6 Å². The van der Waals surface area contributed by atoms with E-state index in [1.54, 1.807) is 0 Å². The Bertz CT molecular complexity index is 1600. The summed E-state index contributed by atoms with van der Waals surface area (Å²) >= 11 is 0. The average Bonchev–Trinajstić information content (AvgIpc) is 3.17. The van der Waals surface area contributed by atoms with Crippen LogP contribution in [0, 0.1) is 5.92 Å². The highest BCUT2D eigenvalue weighted by atomic mass is 16.5. The molecule has 4 aromatic rings. The molecule has 1 amide bonds. The molecule has 0 radical (unpaired) electrons. The fraction of sp³-hybridized carbons (Fsp3) is 0.432. The van der Waals surface area contributed by atoms with Crippen LogP contribution in [0.3, 0.4) is 0 Å². The molecule has 0 bridgehead atoms. The van der Waals surface area contributed by atoms with Gasteiger partial charge in [0.1, 0.15) is 5.76 Å². The molecule has 0 saturated heterocycles. The van der Waals surface area contributed by atoms with Crippen molar-refractivity contribution in [1.29, 1.82) is 0 Å². The van der Waals surface area contributed by atoms with Crippen LogP contribution in [0.2, 0.25) is 0 Å². The third-order valence-electron chi connectivity index (χ3n) is 9.31. The van der Waals surface area contributed by atoms with Crippen LogP contribution < -0.4 is 5.32 Å². The number of nitrogens with one attached hydrogen (secondary N) is 1. The number of pyridine rings is 4. The monoisotopic (exact) mass is 730 g/mol. The molecular formula is C44H58N8O2. The molecule has 1 unspecified atom stereocenters. The van der Waals surface area contributed by atoms with E-state index in [0.717, 1.165) is 99.8 Å². The van der Waals surface area contributed by atoms with E-state index in [9.17, 15) is 4.79 Å². The molecule has 0 aromatic carbocycles. The lowest BCUT2D eigenvalue weighted by Crippen LogP contribution is -2.32. The van der Waals surface area contributed by atoms with Crippen molar-refractivity contribution in [3.63, 3.8) is 0 Å². The first-order valence-corrected chi connectivity index (χ1v) is 19.5. The van der Waals surface area contributed by atoms with Crippen molar-refractivity contribution in [3.05, 3.63) is 144 Å². The molecule has 1 atom stereocenters. The highest BCUT2D eigenvalue weighted by Gasteiger charge is 2.22. The van der Waals surface area contributed by atoms with E-state index in [0.29, 0.717) is 32.7 Å². The Balaban J connectivity index is 1.24. The summed E-state index contributed by atoms with van der Waals surface area (Å²) in [6, 6.07) is 24.4. The molecule has 1 aliphatic carbocycles. The first-order chi connectivity index (χ1) is 26.5. The van der Waals surface area contributed by atoms with Gasteiger partial charge in [0.05, 0.1) is 29.4 Å². The predicted octanol–water partition coefficient (Wildman–Crippen LogP) is 6.84. The molecule has 0 aliphatic heterocycles. The van der Waals surface area contributed by atoms with Gasteiger partial charge in [-0.1, -0.05) is 36.3 Å². The highest BCUT2D eigenvalue weighted by Crippen LogP contribution is 2.27. The molecule has 10 heteroatoms. The van der Waals surface area contributed by atoms with Crippen LogP contribution >= 0.6 is 0 Å². The van der Waals surface area contributed by atoms with Gasteiger partial charge in [-0.25, -0.2) is 0 Å². The Morgan fingerprint density at radius 1 is 0.685 bits per heavy atom. The number of aromatic nitrogens is 4. The summed E-state index contributed by atoms with van der Waals surface area (Å²) in [7, 11) is 4.17. The summed E-state index contributed by atoms with van der Waals surface area (Å²) in [5.74, 6) is 1.29. The minimum atomic E-state index is 0.146. The predicted molar refractivity (Wildman–Crippen MR) is 215 cm³/mol. The van der Waals surface area contributed by atoms with Gasteiger partial charge in [-0.15, -0.1) is 0 Å². The molecule has 5 rings (SSSR count). The Labute approximate surface area is 322 Å². The number of hydrogen-bond acceptors (Lipinski definition) is 9. The number of amides is 1.